The number of rotatable bonds is 5. The smallest absolute Gasteiger partial charge is 0.306 e. The second-order valence-corrected chi connectivity index (χ2v) is 4.77. The Hall–Kier alpha value is -0.900. The van der Waals surface area contributed by atoms with Crippen LogP contribution in [0.2, 0.25) is 0 Å². The molecule has 0 aliphatic rings. The SMILES string of the molecule is CC(C)CC(Cc1nccs1)C(=O)O. The van der Waals surface area contributed by atoms with Gasteiger partial charge in [0.2, 0.25) is 0 Å². The Balaban J connectivity index is 2.56. The van der Waals surface area contributed by atoms with Crippen molar-refractivity contribution in [3.63, 3.8) is 0 Å². The summed E-state index contributed by atoms with van der Waals surface area (Å²) in [4.78, 5) is 15.0. The second-order valence-electron chi connectivity index (χ2n) is 3.79. The van der Waals surface area contributed by atoms with Gasteiger partial charge in [-0.25, -0.2) is 4.98 Å². The van der Waals surface area contributed by atoms with Gasteiger partial charge in [0.05, 0.1) is 10.9 Å². The van der Waals surface area contributed by atoms with E-state index in [9.17, 15) is 4.79 Å². The maximum Gasteiger partial charge on any atom is 0.306 e. The standard InChI is InChI=1S/C10H15NO2S/c1-7(2)5-8(10(12)13)6-9-11-3-4-14-9/h3-4,7-8H,5-6H2,1-2H3,(H,12,13). The molecule has 1 heterocycles. The predicted octanol–water partition coefficient (Wildman–Crippen LogP) is 2.43. The van der Waals surface area contributed by atoms with Crippen LogP contribution in [0.15, 0.2) is 11.6 Å². The molecule has 14 heavy (non-hydrogen) atoms. The van der Waals surface area contributed by atoms with Crippen LogP contribution in [0, 0.1) is 11.8 Å². The highest BCUT2D eigenvalue weighted by Gasteiger charge is 2.20. The van der Waals surface area contributed by atoms with Crippen LogP contribution in [0.3, 0.4) is 0 Å². The third-order valence-corrected chi connectivity index (χ3v) is 2.81. The zero-order valence-electron chi connectivity index (χ0n) is 8.43. The van der Waals surface area contributed by atoms with Crippen molar-refractivity contribution in [1.29, 1.82) is 0 Å². The maximum absolute atomic E-state index is 10.9. The summed E-state index contributed by atoms with van der Waals surface area (Å²) in [6.07, 6.45) is 2.99. The largest absolute Gasteiger partial charge is 0.481 e. The van der Waals surface area contributed by atoms with E-state index in [-0.39, 0.29) is 5.92 Å². The number of carbonyl (C=O) groups is 1. The summed E-state index contributed by atoms with van der Waals surface area (Å²) < 4.78 is 0. The Labute approximate surface area is 87.8 Å². The lowest BCUT2D eigenvalue weighted by Crippen LogP contribution is -2.18. The number of carboxylic acid groups (broad SMARTS) is 1. The van der Waals surface area contributed by atoms with Crippen LogP contribution >= 0.6 is 11.3 Å². The molecule has 0 amide bonds. The fraction of sp³-hybridized carbons (Fsp3) is 0.600. The monoisotopic (exact) mass is 213 g/mol. The summed E-state index contributed by atoms with van der Waals surface area (Å²) >= 11 is 1.52. The molecule has 4 heteroatoms. The van der Waals surface area contributed by atoms with Gasteiger partial charge in [0.25, 0.3) is 0 Å². The van der Waals surface area contributed by atoms with Gasteiger partial charge in [-0.05, 0) is 12.3 Å². The molecule has 0 fully saturated rings. The summed E-state index contributed by atoms with van der Waals surface area (Å²) in [7, 11) is 0. The Morgan fingerprint density at radius 3 is 2.79 bits per heavy atom. The molecule has 1 aromatic rings. The molecule has 0 bridgehead atoms. The average Bonchev–Trinajstić information content (AvgIpc) is 2.54. The number of hydrogen-bond acceptors (Lipinski definition) is 3. The summed E-state index contributed by atoms with van der Waals surface area (Å²) in [5.41, 5.74) is 0. The minimum absolute atomic E-state index is 0.291. The van der Waals surface area contributed by atoms with Gasteiger partial charge in [0.15, 0.2) is 0 Å². The molecule has 1 aromatic heterocycles. The average molecular weight is 213 g/mol. The summed E-state index contributed by atoms with van der Waals surface area (Å²) in [6.45, 7) is 4.08. The first kappa shape index (κ1) is 11.2. The number of hydrogen-bond donors (Lipinski definition) is 1. The molecule has 0 saturated heterocycles. The van der Waals surface area contributed by atoms with E-state index in [4.69, 9.17) is 5.11 Å². The molecule has 1 atom stereocenters. The lowest BCUT2D eigenvalue weighted by Gasteiger charge is -2.12. The minimum Gasteiger partial charge on any atom is -0.481 e. The van der Waals surface area contributed by atoms with E-state index in [0.29, 0.717) is 12.3 Å². The Bertz CT molecular complexity index is 282. The molecule has 0 spiro atoms. The van der Waals surface area contributed by atoms with Gasteiger partial charge >= 0.3 is 5.97 Å². The van der Waals surface area contributed by atoms with Crippen molar-refractivity contribution in [3.8, 4) is 0 Å². The van der Waals surface area contributed by atoms with Crippen molar-refractivity contribution in [2.24, 2.45) is 11.8 Å². The van der Waals surface area contributed by atoms with Gasteiger partial charge in [-0.2, -0.15) is 0 Å². The maximum atomic E-state index is 10.9. The number of aliphatic carboxylic acids is 1. The van der Waals surface area contributed by atoms with E-state index in [0.717, 1.165) is 11.4 Å². The molecule has 0 aliphatic carbocycles. The second kappa shape index (κ2) is 5.10. The molecule has 0 saturated carbocycles. The van der Waals surface area contributed by atoms with Crippen LogP contribution in [0.25, 0.3) is 0 Å². The molecule has 78 valence electrons. The number of carboxylic acids is 1. The molecular formula is C10H15NO2S. The van der Waals surface area contributed by atoms with Crippen LogP contribution in [0.4, 0.5) is 0 Å². The van der Waals surface area contributed by atoms with Crippen LogP contribution in [0.5, 0.6) is 0 Å². The first-order valence-corrected chi connectivity index (χ1v) is 5.58. The summed E-state index contributed by atoms with van der Waals surface area (Å²) in [5, 5.41) is 11.8. The quantitative estimate of drug-likeness (QED) is 0.817. The first-order chi connectivity index (χ1) is 6.59. The van der Waals surface area contributed by atoms with E-state index in [1.807, 2.05) is 19.2 Å². The summed E-state index contributed by atoms with van der Waals surface area (Å²) in [5.74, 6) is -0.592. The molecule has 0 aromatic carbocycles. The predicted molar refractivity (Wildman–Crippen MR) is 56.4 cm³/mol. The molecule has 1 N–H and O–H groups in total. The highest BCUT2D eigenvalue weighted by atomic mass is 32.1. The zero-order valence-corrected chi connectivity index (χ0v) is 9.25. The van der Waals surface area contributed by atoms with Crippen molar-refractivity contribution in [1.82, 2.24) is 4.98 Å². The minimum atomic E-state index is -0.714. The molecule has 3 nitrogen and oxygen atoms in total. The van der Waals surface area contributed by atoms with Gasteiger partial charge in [-0.15, -0.1) is 11.3 Å². The molecule has 1 unspecified atom stereocenters. The Kier molecular flexibility index (Phi) is 4.07. The van der Waals surface area contributed by atoms with E-state index in [1.165, 1.54) is 11.3 Å². The van der Waals surface area contributed by atoms with Gasteiger partial charge in [-0.1, -0.05) is 13.8 Å². The fourth-order valence-corrected chi connectivity index (χ4v) is 2.10. The number of nitrogens with zero attached hydrogens (tertiary/aromatic N) is 1. The topological polar surface area (TPSA) is 50.2 Å². The summed E-state index contributed by atoms with van der Waals surface area (Å²) in [6, 6.07) is 0. The van der Waals surface area contributed by atoms with Crippen molar-refractivity contribution >= 4 is 17.3 Å². The lowest BCUT2D eigenvalue weighted by atomic mass is 9.94. The highest BCUT2D eigenvalue weighted by molar-refractivity contribution is 7.09. The molecule has 1 rings (SSSR count). The van der Waals surface area contributed by atoms with Crippen LogP contribution in [-0.4, -0.2) is 16.1 Å². The third-order valence-electron chi connectivity index (χ3n) is 2.01. The van der Waals surface area contributed by atoms with Gasteiger partial charge in [0.1, 0.15) is 0 Å². The lowest BCUT2D eigenvalue weighted by molar-refractivity contribution is -0.142. The normalized spacial score (nSPS) is 13.1. The van der Waals surface area contributed by atoms with E-state index in [1.54, 1.807) is 6.20 Å². The van der Waals surface area contributed by atoms with Gasteiger partial charge in [-0.3, -0.25) is 4.79 Å². The van der Waals surface area contributed by atoms with Crippen molar-refractivity contribution in [3.05, 3.63) is 16.6 Å². The molecular weight excluding hydrogens is 198 g/mol. The molecule has 0 aliphatic heterocycles. The number of thiazole rings is 1. The zero-order chi connectivity index (χ0) is 10.6. The van der Waals surface area contributed by atoms with Crippen molar-refractivity contribution in [2.75, 3.05) is 0 Å². The molecule has 0 radical (unpaired) electrons. The number of aromatic nitrogens is 1. The van der Waals surface area contributed by atoms with E-state index < -0.39 is 5.97 Å². The first-order valence-electron chi connectivity index (χ1n) is 4.70. The third kappa shape index (κ3) is 3.46. The van der Waals surface area contributed by atoms with E-state index in [2.05, 4.69) is 4.98 Å². The van der Waals surface area contributed by atoms with E-state index >= 15 is 0 Å². The van der Waals surface area contributed by atoms with Crippen molar-refractivity contribution in [2.45, 2.75) is 26.7 Å². The fourth-order valence-electron chi connectivity index (χ4n) is 1.41. The van der Waals surface area contributed by atoms with Gasteiger partial charge in [0, 0.05) is 18.0 Å². The Morgan fingerprint density at radius 2 is 2.36 bits per heavy atom. The van der Waals surface area contributed by atoms with Crippen LogP contribution < -0.4 is 0 Å². The highest BCUT2D eigenvalue weighted by Crippen LogP contribution is 2.18. The van der Waals surface area contributed by atoms with Gasteiger partial charge < -0.3 is 5.11 Å². The van der Waals surface area contributed by atoms with Crippen molar-refractivity contribution < 1.29 is 9.90 Å². The van der Waals surface area contributed by atoms with Crippen LogP contribution in [0.1, 0.15) is 25.3 Å². The van der Waals surface area contributed by atoms with Crippen LogP contribution in [-0.2, 0) is 11.2 Å². The Morgan fingerprint density at radius 1 is 1.64 bits per heavy atom.